The van der Waals surface area contributed by atoms with Gasteiger partial charge in [0.1, 0.15) is 0 Å². The van der Waals surface area contributed by atoms with Crippen molar-refractivity contribution in [2.45, 2.75) is 10.1 Å². The molecule has 9 heteroatoms. The number of nitrogens with zero attached hydrogens (tertiary/aromatic N) is 4. The van der Waals surface area contributed by atoms with E-state index in [0.717, 1.165) is 0 Å². The fourth-order valence-electron chi connectivity index (χ4n) is 1.98. The fraction of sp³-hybridized carbons (Fsp3) is 0.0714. The minimum Gasteiger partial charge on any atom is -0.280 e. The summed E-state index contributed by atoms with van der Waals surface area (Å²) in [6.07, 6.45) is 1.87. The lowest BCUT2D eigenvalue weighted by atomic mass is 10.3. The Morgan fingerprint density at radius 1 is 1.09 bits per heavy atom. The molecule has 1 heterocycles. The Bertz CT molecular complexity index is 910. The largest absolute Gasteiger partial charge is 0.280 e. The van der Waals surface area contributed by atoms with Gasteiger partial charge in [-0.1, -0.05) is 36.0 Å². The molecule has 1 aromatic heterocycles. The Morgan fingerprint density at radius 3 is 2.61 bits per heavy atom. The van der Waals surface area contributed by atoms with Gasteiger partial charge in [0.05, 0.1) is 16.3 Å². The molecule has 0 saturated heterocycles. The second-order valence-electron chi connectivity index (χ2n) is 4.55. The van der Waals surface area contributed by atoms with Crippen LogP contribution < -0.4 is 4.72 Å². The zero-order chi connectivity index (χ0) is 16.3. The van der Waals surface area contributed by atoms with Crippen LogP contribution in [0.3, 0.4) is 0 Å². The number of rotatable bonds is 5. The van der Waals surface area contributed by atoms with Crippen molar-refractivity contribution in [2.75, 3.05) is 11.0 Å². The number of tetrazole rings is 1. The molecule has 0 fully saturated rings. The number of sulfonamides is 1. The third kappa shape index (κ3) is 3.35. The van der Waals surface area contributed by atoms with Crippen molar-refractivity contribution in [3.8, 4) is 5.69 Å². The van der Waals surface area contributed by atoms with Crippen LogP contribution in [0.5, 0.6) is 0 Å². The number of hydrogen-bond donors (Lipinski definition) is 1. The summed E-state index contributed by atoms with van der Waals surface area (Å²) in [6.45, 7) is 0. The number of benzene rings is 2. The zero-order valence-corrected chi connectivity index (χ0v) is 13.8. The van der Waals surface area contributed by atoms with E-state index in [0.29, 0.717) is 16.5 Å². The lowest BCUT2D eigenvalue weighted by molar-refractivity contribution is 0.601. The molecule has 0 amide bonds. The van der Waals surface area contributed by atoms with E-state index in [1.54, 1.807) is 59.3 Å². The predicted molar refractivity (Wildman–Crippen MR) is 88.2 cm³/mol. The van der Waals surface area contributed by atoms with Gasteiger partial charge < -0.3 is 0 Å². The molecule has 23 heavy (non-hydrogen) atoms. The van der Waals surface area contributed by atoms with Crippen molar-refractivity contribution in [1.29, 1.82) is 0 Å². The van der Waals surface area contributed by atoms with Crippen LogP contribution in [-0.2, 0) is 10.0 Å². The van der Waals surface area contributed by atoms with Crippen LogP contribution in [0.4, 0.5) is 5.69 Å². The van der Waals surface area contributed by atoms with Crippen LogP contribution >= 0.6 is 11.8 Å². The summed E-state index contributed by atoms with van der Waals surface area (Å²) in [6, 6.07) is 15.1. The van der Waals surface area contributed by atoms with Crippen molar-refractivity contribution in [3.63, 3.8) is 0 Å². The number of nitrogens with one attached hydrogen (secondary N) is 1. The van der Waals surface area contributed by atoms with E-state index in [9.17, 15) is 8.42 Å². The zero-order valence-electron chi connectivity index (χ0n) is 12.1. The summed E-state index contributed by atoms with van der Waals surface area (Å²) in [7, 11) is -3.63. The van der Waals surface area contributed by atoms with E-state index < -0.39 is 10.0 Å². The molecule has 0 aliphatic heterocycles. The van der Waals surface area contributed by atoms with Gasteiger partial charge in [-0.3, -0.25) is 4.72 Å². The highest BCUT2D eigenvalue weighted by molar-refractivity contribution is 7.98. The average molecular weight is 347 g/mol. The monoisotopic (exact) mass is 347 g/mol. The summed E-state index contributed by atoms with van der Waals surface area (Å²) in [4.78, 5) is 0.206. The predicted octanol–water partition coefficient (Wildman–Crippen LogP) is 2.18. The second kappa shape index (κ2) is 6.39. The highest BCUT2D eigenvalue weighted by atomic mass is 32.2. The molecule has 3 rings (SSSR count). The SMILES string of the molecule is CSc1nnnn1-c1cccc(NS(=O)(=O)c2ccccc2)c1. The van der Waals surface area contributed by atoms with Gasteiger partial charge in [0, 0.05) is 0 Å². The molecule has 0 bridgehead atoms. The second-order valence-corrected chi connectivity index (χ2v) is 7.00. The summed E-state index contributed by atoms with van der Waals surface area (Å²) in [5, 5.41) is 12.0. The number of anilines is 1. The summed E-state index contributed by atoms with van der Waals surface area (Å²) < 4.78 is 28.8. The molecule has 0 atom stereocenters. The van der Waals surface area contributed by atoms with Crippen molar-refractivity contribution in [3.05, 3.63) is 54.6 Å². The van der Waals surface area contributed by atoms with E-state index in [1.807, 2.05) is 6.26 Å². The lowest BCUT2D eigenvalue weighted by Gasteiger charge is -2.09. The molecule has 3 aromatic rings. The van der Waals surface area contributed by atoms with Crippen molar-refractivity contribution >= 4 is 27.5 Å². The fourth-order valence-corrected chi connectivity index (χ4v) is 3.49. The molecular formula is C14H13N5O2S2. The van der Waals surface area contributed by atoms with Gasteiger partial charge >= 0.3 is 0 Å². The maximum atomic E-state index is 12.4. The van der Waals surface area contributed by atoms with E-state index >= 15 is 0 Å². The first-order chi connectivity index (χ1) is 11.1. The standard InChI is InChI=1S/C14H13N5O2S2/c1-22-14-15-17-18-19(14)12-7-5-6-11(10-12)16-23(20,21)13-8-3-2-4-9-13/h2-10,16H,1H3. The normalized spacial score (nSPS) is 11.3. The van der Waals surface area contributed by atoms with E-state index in [-0.39, 0.29) is 4.90 Å². The van der Waals surface area contributed by atoms with Gasteiger partial charge in [0.25, 0.3) is 10.0 Å². The maximum absolute atomic E-state index is 12.4. The Labute approximate surface area is 137 Å². The topological polar surface area (TPSA) is 89.8 Å². The molecule has 0 unspecified atom stereocenters. The van der Waals surface area contributed by atoms with Gasteiger partial charge in [-0.05, 0) is 47.0 Å². The van der Waals surface area contributed by atoms with Crippen molar-refractivity contribution < 1.29 is 8.42 Å². The molecule has 1 N–H and O–H groups in total. The molecule has 7 nitrogen and oxygen atoms in total. The molecular weight excluding hydrogens is 334 g/mol. The van der Waals surface area contributed by atoms with E-state index in [2.05, 4.69) is 20.2 Å². The molecule has 2 aromatic carbocycles. The van der Waals surface area contributed by atoms with Crippen LogP contribution in [-0.4, -0.2) is 34.9 Å². The average Bonchev–Trinajstić information content (AvgIpc) is 3.04. The highest BCUT2D eigenvalue weighted by Crippen LogP contribution is 2.21. The summed E-state index contributed by atoms with van der Waals surface area (Å²) >= 11 is 1.40. The quantitative estimate of drug-likeness (QED) is 0.712. The smallest absolute Gasteiger partial charge is 0.261 e. The first kappa shape index (κ1) is 15.5. The molecule has 0 aliphatic rings. The molecule has 0 aliphatic carbocycles. The molecule has 0 spiro atoms. The number of thioether (sulfide) groups is 1. The third-order valence-corrected chi connectivity index (χ3v) is 5.04. The van der Waals surface area contributed by atoms with Gasteiger partial charge in [0.15, 0.2) is 0 Å². The van der Waals surface area contributed by atoms with Gasteiger partial charge in [-0.25, -0.2) is 8.42 Å². The minimum atomic E-state index is -3.63. The molecule has 118 valence electrons. The summed E-state index contributed by atoms with van der Waals surface area (Å²) in [5.74, 6) is 0. The van der Waals surface area contributed by atoms with Crippen LogP contribution in [0.2, 0.25) is 0 Å². The minimum absolute atomic E-state index is 0.206. The Morgan fingerprint density at radius 2 is 1.87 bits per heavy atom. The maximum Gasteiger partial charge on any atom is 0.261 e. The molecule has 0 radical (unpaired) electrons. The molecule has 0 saturated carbocycles. The Kier molecular flexibility index (Phi) is 4.30. The van der Waals surface area contributed by atoms with Gasteiger partial charge in [-0.15, -0.1) is 5.10 Å². The number of aromatic nitrogens is 4. The van der Waals surface area contributed by atoms with Crippen LogP contribution in [0, 0.1) is 0 Å². The number of hydrogen-bond acceptors (Lipinski definition) is 6. The first-order valence-corrected chi connectivity index (χ1v) is 9.31. The Balaban J connectivity index is 1.92. The summed E-state index contributed by atoms with van der Waals surface area (Å²) in [5.41, 5.74) is 1.11. The van der Waals surface area contributed by atoms with Crippen molar-refractivity contribution in [1.82, 2.24) is 20.2 Å². The first-order valence-electron chi connectivity index (χ1n) is 6.61. The van der Waals surface area contributed by atoms with Crippen LogP contribution in [0.15, 0.2) is 64.6 Å². The Hall–Kier alpha value is -2.39. The van der Waals surface area contributed by atoms with Crippen LogP contribution in [0.1, 0.15) is 0 Å². The van der Waals surface area contributed by atoms with Gasteiger partial charge in [-0.2, -0.15) is 4.68 Å². The third-order valence-electron chi connectivity index (χ3n) is 3.02. The lowest BCUT2D eigenvalue weighted by Crippen LogP contribution is -2.13. The van der Waals surface area contributed by atoms with Gasteiger partial charge in [0.2, 0.25) is 5.16 Å². The highest BCUT2D eigenvalue weighted by Gasteiger charge is 2.14. The van der Waals surface area contributed by atoms with Crippen molar-refractivity contribution in [2.24, 2.45) is 0 Å². The van der Waals surface area contributed by atoms with Crippen LogP contribution in [0.25, 0.3) is 5.69 Å². The van der Waals surface area contributed by atoms with E-state index in [4.69, 9.17) is 0 Å². The van der Waals surface area contributed by atoms with E-state index in [1.165, 1.54) is 11.8 Å².